The molecule has 6 rings (SSSR count). The van der Waals surface area contributed by atoms with Gasteiger partial charge in [-0.15, -0.1) is 0 Å². The molecule has 0 radical (unpaired) electrons. The maximum absolute atomic E-state index is 10.8. The van der Waals surface area contributed by atoms with Gasteiger partial charge in [0, 0.05) is 29.7 Å². The Morgan fingerprint density at radius 3 is 2.62 bits per heavy atom. The minimum absolute atomic E-state index is 0.00505. The quantitative estimate of drug-likeness (QED) is 0.301. The number of hydrogen-bond acceptors (Lipinski definition) is 6. The van der Waals surface area contributed by atoms with Crippen LogP contribution in [-0.4, -0.2) is 41.9 Å². The van der Waals surface area contributed by atoms with Crippen LogP contribution in [0.3, 0.4) is 0 Å². The second-order valence-electron chi connectivity index (χ2n) is 10.2. The topological polar surface area (TPSA) is 96.1 Å². The molecular weight excluding hydrogens is 462 g/mol. The van der Waals surface area contributed by atoms with Crippen molar-refractivity contribution in [2.75, 3.05) is 5.32 Å². The van der Waals surface area contributed by atoms with Gasteiger partial charge in [0.2, 0.25) is 0 Å². The zero-order chi connectivity index (χ0) is 25.4. The molecule has 188 valence electrons. The Morgan fingerprint density at radius 2 is 1.76 bits per heavy atom. The van der Waals surface area contributed by atoms with Crippen molar-refractivity contribution >= 4 is 27.8 Å². The monoisotopic (exact) mass is 493 g/mol. The molecule has 0 spiro atoms. The first kappa shape index (κ1) is 23.6. The van der Waals surface area contributed by atoms with Crippen molar-refractivity contribution in [1.29, 1.82) is 0 Å². The molecular formula is C30H31N5O2. The molecule has 7 nitrogen and oxygen atoms in total. The molecule has 4 atom stereocenters. The molecule has 0 aliphatic heterocycles. The van der Waals surface area contributed by atoms with Crippen LogP contribution in [0.1, 0.15) is 35.6 Å². The van der Waals surface area contributed by atoms with E-state index < -0.39 is 12.2 Å². The fourth-order valence-corrected chi connectivity index (χ4v) is 5.50. The number of nitrogens with zero attached hydrogens (tertiary/aromatic N) is 4. The van der Waals surface area contributed by atoms with Crippen LogP contribution in [0.25, 0.3) is 21.9 Å². The van der Waals surface area contributed by atoms with E-state index in [2.05, 4.69) is 70.7 Å². The van der Waals surface area contributed by atoms with Crippen LogP contribution < -0.4 is 5.32 Å². The minimum Gasteiger partial charge on any atom is -0.390 e. The summed E-state index contributed by atoms with van der Waals surface area (Å²) >= 11 is 0. The summed E-state index contributed by atoms with van der Waals surface area (Å²) in [6.45, 7) is 2.82. The van der Waals surface area contributed by atoms with Crippen molar-refractivity contribution in [3.8, 4) is 0 Å². The number of fused-ring (bicyclic) bond motifs is 2. The first-order valence-corrected chi connectivity index (χ1v) is 12.9. The summed E-state index contributed by atoms with van der Waals surface area (Å²) in [5.74, 6) is 0.857. The lowest BCUT2D eigenvalue weighted by Gasteiger charge is -2.18. The lowest BCUT2D eigenvalue weighted by atomic mass is 9.95. The second-order valence-corrected chi connectivity index (χ2v) is 10.2. The van der Waals surface area contributed by atoms with E-state index >= 15 is 0 Å². The van der Waals surface area contributed by atoms with Crippen LogP contribution in [0.15, 0.2) is 79.4 Å². The summed E-state index contributed by atoms with van der Waals surface area (Å²) in [7, 11) is 0. The molecule has 1 saturated carbocycles. The van der Waals surface area contributed by atoms with Gasteiger partial charge >= 0.3 is 0 Å². The van der Waals surface area contributed by atoms with Crippen LogP contribution in [0.5, 0.6) is 0 Å². The summed E-state index contributed by atoms with van der Waals surface area (Å²) in [5, 5.41) is 27.1. The fraction of sp³-hybridized carbons (Fsp3) is 0.300. The largest absolute Gasteiger partial charge is 0.390 e. The van der Waals surface area contributed by atoms with Crippen LogP contribution in [-0.2, 0) is 13.0 Å². The third-order valence-electron chi connectivity index (χ3n) is 7.66. The minimum atomic E-state index is -0.823. The molecule has 1 aliphatic rings. The fourth-order valence-electron chi connectivity index (χ4n) is 5.50. The summed E-state index contributed by atoms with van der Waals surface area (Å²) in [4.78, 5) is 13.3. The average Bonchev–Trinajstić information content (AvgIpc) is 3.47. The van der Waals surface area contributed by atoms with Gasteiger partial charge in [-0.1, -0.05) is 42.0 Å². The van der Waals surface area contributed by atoms with Gasteiger partial charge in [0.25, 0.3) is 0 Å². The smallest absolute Gasteiger partial charge is 0.143 e. The second kappa shape index (κ2) is 9.92. The Kier molecular flexibility index (Phi) is 6.32. The molecule has 2 aromatic carbocycles. The van der Waals surface area contributed by atoms with Gasteiger partial charge < -0.3 is 20.1 Å². The number of aromatic nitrogens is 4. The number of aliphatic hydroxyl groups excluding tert-OH is 2. The van der Waals surface area contributed by atoms with Gasteiger partial charge in [-0.05, 0) is 67.5 Å². The molecule has 1 aliphatic carbocycles. The SMILES string of the molecule is Cc1ccc(CNc2ccc3ccc(CC[C@H]4C[C@@H](n5ccc6cncnc65)[C@H](O)[C@@H]4O)cc3n2)cc1. The van der Waals surface area contributed by atoms with E-state index in [9.17, 15) is 10.2 Å². The van der Waals surface area contributed by atoms with Crippen molar-refractivity contribution in [3.05, 3.63) is 96.1 Å². The Bertz CT molecular complexity index is 1530. The van der Waals surface area contributed by atoms with Crippen LogP contribution >= 0.6 is 0 Å². The van der Waals surface area contributed by atoms with Crippen LogP contribution in [0.4, 0.5) is 5.82 Å². The van der Waals surface area contributed by atoms with Gasteiger partial charge in [-0.2, -0.15) is 0 Å². The third-order valence-corrected chi connectivity index (χ3v) is 7.66. The number of anilines is 1. The molecule has 0 saturated heterocycles. The number of aliphatic hydroxyl groups is 2. The zero-order valence-corrected chi connectivity index (χ0v) is 20.8. The molecule has 3 aromatic heterocycles. The van der Waals surface area contributed by atoms with E-state index in [0.29, 0.717) is 6.42 Å². The maximum atomic E-state index is 10.8. The number of rotatable bonds is 7. The highest BCUT2D eigenvalue weighted by atomic mass is 16.3. The highest BCUT2D eigenvalue weighted by Gasteiger charge is 2.42. The van der Waals surface area contributed by atoms with E-state index in [1.807, 2.05) is 22.9 Å². The van der Waals surface area contributed by atoms with Crippen molar-refractivity contribution in [2.24, 2.45) is 5.92 Å². The van der Waals surface area contributed by atoms with Gasteiger partial charge in [-0.3, -0.25) is 0 Å². The summed E-state index contributed by atoms with van der Waals surface area (Å²) in [5.41, 5.74) is 5.40. The Hall–Kier alpha value is -3.81. The van der Waals surface area contributed by atoms with Crippen molar-refractivity contribution in [2.45, 2.75) is 51.0 Å². The highest BCUT2D eigenvalue weighted by Crippen LogP contribution is 2.39. The van der Waals surface area contributed by atoms with Crippen molar-refractivity contribution < 1.29 is 10.2 Å². The lowest BCUT2D eigenvalue weighted by molar-refractivity contribution is 0.00545. The van der Waals surface area contributed by atoms with Crippen molar-refractivity contribution in [1.82, 2.24) is 19.5 Å². The number of pyridine rings is 1. The van der Waals surface area contributed by atoms with E-state index in [1.165, 1.54) is 23.0 Å². The first-order valence-electron chi connectivity index (χ1n) is 12.9. The van der Waals surface area contributed by atoms with Gasteiger partial charge in [0.1, 0.15) is 23.9 Å². The maximum Gasteiger partial charge on any atom is 0.143 e. The van der Waals surface area contributed by atoms with Gasteiger partial charge in [0.05, 0.1) is 17.7 Å². The third kappa shape index (κ3) is 4.80. The standard InChI is InChI=1S/C30H31N5O2/c1-19-2-4-21(5-3-19)16-32-27-11-10-22-8-6-20(14-25(22)34-27)7-9-23-15-26(29(37)28(23)36)35-13-12-24-17-31-18-33-30(24)35/h2-6,8,10-14,17-18,23,26,28-29,36-37H,7,9,15-16H2,1H3,(H,32,34)/t23-,26+,28+,29-/m0/s1. The predicted octanol–water partition coefficient (Wildman–Crippen LogP) is 4.82. The Balaban J connectivity index is 1.13. The molecule has 0 bridgehead atoms. The molecule has 1 fully saturated rings. The summed E-state index contributed by atoms with van der Waals surface area (Å²) < 4.78 is 1.98. The van der Waals surface area contributed by atoms with E-state index in [0.717, 1.165) is 47.1 Å². The summed E-state index contributed by atoms with van der Waals surface area (Å²) in [6.07, 6.45) is 5.94. The van der Waals surface area contributed by atoms with Crippen molar-refractivity contribution in [3.63, 3.8) is 0 Å². The molecule has 0 amide bonds. The van der Waals surface area contributed by atoms with Gasteiger partial charge in [0.15, 0.2) is 0 Å². The zero-order valence-electron chi connectivity index (χ0n) is 20.8. The molecule has 5 aromatic rings. The van der Waals surface area contributed by atoms with Gasteiger partial charge in [-0.25, -0.2) is 15.0 Å². The summed E-state index contributed by atoms with van der Waals surface area (Å²) in [6, 6.07) is 20.7. The Labute approximate surface area is 215 Å². The molecule has 3 heterocycles. The lowest BCUT2D eigenvalue weighted by Crippen LogP contribution is -2.29. The number of aryl methyl sites for hydroxylation is 2. The van der Waals surface area contributed by atoms with Crippen LogP contribution in [0.2, 0.25) is 0 Å². The molecule has 7 heteroatoms. The molecule has 3 N–H and O–H groups in total. The average molecular weight is 494 g/mol. The number of hydrogen-bond donors (Lipinski definition) is 3. The first-order chi connectivity index (χ1) is 18.0. The van der Waals surface area contributed by atoms with E-state index in [-0.39, 0.29) is 12.0 Å². The number of nitrogens with one attached hydrogen (secondary N) is 1. The number of benzene rings is 2. The molecule has 0 unspecified atom stereocenters. The van der Waals surface area contributed by atoms with E-state index in [1.54, 1.807) is 6.20 Å². The predicted molar refractivity (Wildman–Crippen MR) is 145 cm³/mol. The normalized spacial score (nSPS) is 21.6. The highest BCUT2D eigenvalue weighted by molar-refractivity contribution is 5.81. The van der Waals surface area contributed by atoms with Crippen LogP contribution in [0, 0.1) is 12.8 Å². The van der Waals surface area contributed by atoms with E-state index in [4.69, 9.17) is 4.98 Å². The molecule has 37 heavy (non-hydrogen) atoms. The Morgan fingerprint density at radius 1 is 0.946 bits per heavy atom.